The van der Waals surface area contributed by atoms with Crippen LogP contribution in [0.3, 0.4) is 0 Å². The van der Waals surface area contributed by atoms with Gasteiger partial charge in [0.15, 0.2) is 0 Å². The third-order valence-corrected chi connectivity index (χ3v) is 2.86. The lowest BCUT2D eigenvalue weighted by atomic mass is 9.99. The number of amides is 2. The van der Waals surface area contributed by atoms with E-state index in [-0.39, 0.29) is 13.1 Å². The molecule has 13 heteroatoms. The van der Waals surface area contributed by atoms with Crippen molar-refractivity contribution < 1.29 is 32.3 Å². The molecule has 0 saturated carbocycles. The lowest BCUT2D eigenvalue weighted by molar-refractivity contribution is -0.193. The fourth-order valence-electron chi connectivity index (χ4n) is 1.75. The van der Waals surface area contributed by atoms with Crippen LogP contribution in [0.15, 0.2) is 6.20 Å². The highest BCUT2D eigenvalue weighted by molar-refractivity contribution is 5.94. The van der Waals surface area contributed by atoms with Gasteiger partial charge in [0, 0.05) is 6.54 Å². The van der Waals surface area contributed by atoms with E-state index in [4.69, 9.17) is 5.73 Å². The Bertz CT molecular complexity index is 630. The minimum atomic E-state index is -5.31. The zero-order chi connectivity index (χ0) is 17.2. The van der Waals surface area contributed by atoms with Crippen molar-refractivity contribution in [1.29, 1.82) is 0 Å². The number of alkyl carbamates (subject to hydrolysis) is 1. The minimum Gasteiger partial charge on any atom is -0.369 e. The molecule has 1 aromatic rings. The van der Waals surface area contributed by atoms with E-state index >= 15 is 0 Å². The highest BCUT2D eigenvalue weighted by Gasteiger charge is 2.45. The summed E-state index contributed by atoms with van der Waals surface area (Å²) < 4.78 is 39.4. The maximum absolute atomic E-state index is 12.0. The average Bonchev–Trinajstić information content (AvgIpc) is 2.91. The van der Waals surface area contributed by atoms with Crippen molar-refractivity contribution in [3.63, 3.8) is 0 Å². The third-order valence-electron chi connectivity index (χ3n) is 2.86. The van der Waals surface area contributed by atoms with E-state index in [0.717, 1.165) is 0 Å². The van der Waals surface area contributed by atoms with E-state index in [0.29, 0.717) is 5.69 Å². The summed E-state index contributed by atoms with van der Waals surface area (Å²) in [6.07, 6.45) is -5.58. The van der Waals surface area contributed by atoms with Crippen LogP contribution in [0.4, 0.5) is 18.0 Å². The molecule has 0 spiro atoms. The molecular weight excluding hydrogens is 325 g/mol. The van der Waals surface area contributed by atoms with Crippen molar-refractivity contribution >= 4 is 18.0 Å². The normalized spacial score (nSPS) is 20.4. The van der Waals surface area contributed by atoms with Gasteiger partial charge in [0.2, 0.25) is 5.91 Å². The number of ether oxygens (including phenoxy) is 1. The van der Waals surface area contributed by atoms with Crippen molar-refractivity contribution in [3.8, 4) is 0 Å². The summed E-state index contributed by atoms with van der Waals surface area (Å²) in [6, 6.07) is -1.84. The molecule has 1 saturated heterocycles. The average molecular weight is 336 g/mol. The number of nitrogens with zero attached hydrogens (tertiary/aromatic N) is 3. The zero-order valence-corrected chi connectivity index (χ0v) is 11.3. The Hall–Kier alpha value is -2.70. The number of alkyl halides is 3. The topological polar surface area (TPSA) is 141 Å². The number of rotatable bonds is 4. The number of β-lactam (4-membered cyclic amide) rings is 1. The molecule has 2 rings (SSSR count). The van der Waals surface area contributed by atoms with E-state index in [9.17, 15) is 27.6 Å². The molecule has 2 amide bonds. The summed E-state index contributed by atoms with van der Waals surface area (Å²) in [5.41, 5.74) is 5.85. The molecule has 0 aromatic carbocycles. The first-order valence-corrected chi connectivity index (χ1v) is 6.19. The number of halogens is 3. The van der Waals surface area contributed by atoms with Crippen LogP contribution >= 0.6 is 0 Å². The molecule has 0 unspecified atom stereocenters. The number of nitrogens with one attached hydrogen (secondary N) is 2. The second kappa shape index (κ2) is 6.20. The van der Waals surface area contributed by atoms with Crippen LogP contribution in [0.1, 0.15) is 5.69 Å². The van der Waals surface area contributed by atoms with E-state index in [1.54, 1.807) is 0 Å². The molecule has 0 bridgehead atoms. The van der Waals surface area contributed by atoms with Gasteiger partial charge in [-0.05, 0) is 0 Å². The first-order chi connectivity index (χ1) is 10.7. The number of hydrogen-bond donors (Lipinski definition) is 3. The maximum atomic E-state index is 12.0. The number of hydrogen-bond acceptors (Lipinski definition) is 7. The van der Waals surface area contributed by atoms with Gasteiger partial charge in [-0.2, -0.15) is 28.2 Å². The van der Waals surface area contributed by atoms with Gasteiger partial charge in [0.1, 0.15) is 6.04 Å². The summed E-state index contributed by atoms with van der Waals surface area (Å²) in [5, 5.41) is 12.1. The molecule has 0 radical (unpaired) electrons. The van der Waals surface area contributed by atoms with Crippen LogP contribution in [-0.2, 0) is 27.4 Å². The van der Waals surface area contributed by atoms with E-state index in [1.807, 2.05) is 5.32 Å². The first kappa shape index (κ1) is 16.7. The second-order valence-corrected chi connectivity index (χ2v) is 4.51. The number of esters is 1. The van der Waals surface area contributed by atoms with E-state index in [1.165, 1.54) is 11.0 Å². The molecule has 4 N–H and O–H groups in total. The molecule has 1 aliphatic heterocycles. The summed E-state index contributed by atoms with van der Waals surface area (Å²) in [6.45, 7) is 0.203. The largest absolute Gasteiger partial charge is 0.491 e. The SMILES string of the molecule is NCc1cnn(C[C@@H]2NC(=O)[C@H]2NC(=O)OC(=O)C(F)(F)F)n1. The molecule has 1 fully saturated rings. The monoisotopic (exact) mass is 336 g/mol. The summed E-state index contributed by atoms with van der Waals surface area (Å²) in [7, 11) is 0. The number of aromatic nitrogens is 3. The fraction of sp³-hybridized carbons (Fsp3) is 0.500. The van der Waals surface area contributed by atoms with Crippen LogP contribution in [0.25, 0.3) is 0 Å². The lowest BCUT2D eigenvalue weighted by Crippen LogP contribution is -2.70. The van der Waals surface area contributed by atoms with Gasteiger partial charge < -0.3 is 21.1 Å². The predicted molar refractivity (Wildman–Crippen MR) is 64.3 cm³/mol. The first-order valence-electron chi connectivity index (χ1n) is 6.19. The van der Waals surface area contributed by atoms with Crippen molar-refractivity contribution in [2.24, 2.45) is 5.73 Å². The standard InChI is InChI=1S/C10H11F3N6O4/c11-10(12,13)8(21)23-9(22)17-6-5(16-7(6)20)3-19-15-2-4(1-14)18-19/h2,5-6H,1,3,14H2,(H,16,20)(H,17,22)/t5-,6-/m0/s1. The second-order valence-electron chi connectivity index (χ2n) is 4.51. The van der Waals surface area contributed by atoms with Crippen molar-refractivity contribution in [1.82, 2.24) is 25.6 Å². The van der Waals surface area contributed by atoms with Gasteiger partial charge in [0.25, 0.3) is 0 Å². The van der Waals surface area contributed by atoms with Crippen LogP contribution in [0.5, 0.6) is 0 Å². The summed E-state index contributed by atoms with van der Waals surface area (Å²) >= 11 is 0. The Morgan fingerprint density at radius 1 is 1.48 bits per heavy atom. The Morgan fingerprint density at radius 2 is 2.17 bits per heavy atom. The highest BCUT2D eigenvalue weighted by atomic mass is 19.4. The van der Waals surface area contributed by atoms with Crippen molar-refractivity contribution in [3.05, 3.63) is 11.9 Å². The summed E-state index contributed by atoms with van der Waals surface area (Å²) in [5.74, 6) is -3.31. The smallest absolute Gasteiger partial charge is 0.369 e. The van der Waals surface area contributed by atoms with Crippen LogP contribution in [-0.4, -0.2) is 51.2 Å². The molecule has 23 heavy (non-hydrogen) atoms. The Morgan fingerprint density at radius 3 is 2.70 bits per heavy atom. The van der Waals surface area contributed by atoms with Crippen molar-refractivity contribution in [2.75, 3.05) is 0 Å². The molecule has 1 aromatic heterocycles. The van der Waals surface area contributed by atoms with Gasteiger partial charge in [-0.25, -0.2) is 9.59 Å². The minimum absolute atomic E-state index is 0.0455. The highest BCUT2D eigenvalue weighted by Crippen LogP contribution is 2.17. The zero-order valence-electron chi connectivity index (χ0n) is 11.3. The molecular formula is C10H11F3N6O4. The van der Waals surface area contributed by atoms with Crippen LogP contribution in [0.2, 0.25) is 0 Å². The Balaban J connectivity index is 1.89. The van der Waals surface area contributed by atoms with E-state index < -0.39 is 36.2 Å². The third kappa shape index (κ3) is 3.94. The van der Waals surface area contributed by atoms with Gasteiger partial charge in [0.05, 0.1) is 24.5 Å². The van der Waals surface area contributed by atoms with Gasteiger partial charge in [-0.3, -0.25) is 4.79 Å². The molecule has 2 atom stereocenters. The molecule has 0 aliphatic carbocycles. The number of carbonyl (C=O) groups excluding carboxylic acids is 3. The van der Waals surface area contributed by atoms with Gasteiger partial charge in [-0.1, -0.05) is 0 Å². The van der Waals surface area contributed by atoms with E-state index in [2.05, 4.69) is 20.3 Å². The molecule has 10 nitrogen and oxygen atoms in total. The molecule has 2 heterocycles. The van der Waals surface area contributed by atoms with Gasteiger partial charge in [-0.15, -0.1) is 0 Å². The number of nitrogens with two attached hydrogens (primary N) is 1. The number of carbonyl (C=O) groups is 3. The quantitative estimate of drug-likeness (QED) is 0.342. The van der Waals surface area contributed by atoms with Crippen LogP contribution in [0, 0.1) is 0 Å². The van der Waals surface area contributed by atoms with Crippen molar-refractivity contribution in [2.45, 2.75) is 31.3 Å². The van der Waals surface area contributed by atoms with Gasteiger partial charge >= 0.3 is 18.2 Å². The van der Waals surface area contributed by atoms with Crippen LogP contribution < -0.4 is 16.4 Å². The Kier molecular flexibility index (Phi) is 4.49. The Labute approximate surface area is 126 Å². The predicted octanol–water partition coefficient (Wildman–Crippen LogP) is -1.58. The lowest BCUT2D eigenvalue weighted by Gasteiger charge is -2.36. The molecule has 126 valence electrons. The maximum Gasteiger partial charge on any atom is 0.491 e. The summed E-state index contributed by atoms with van der Waals surface area (Å²) in [4.78, 5) is 34.3. The molecule has 1 aliphatic rings. The fourth-order valence-corrected chi connectivity index (χ4v) is 1.75.